The van der Waals surface area contributed by atoms with Crippen LogP contribution in [0.2, 0.25) is 0 Å². The molecule has 1 aliphatic heterocycles. The average molecular weight is 144 g/mol. The van der Waals surface area contributed by atoms with Gasteiger partial charge in [0, 0.05) is 0 Å². The molecule has 0 aromatic heterocycles. The van der Waals surface area contributed by atoms with Crippen LogP contribution in [-0.2, 0) is 4.74 Å². The minimum atomic E-state index is -0.590. The van der Waals surface area contributed by atoms with Crippen molar-refractivity contribution in [2.24, 2.45) is 5.73 Å². The van der Waals surface area contributed by atoms with Gasteiger partial charge in [0.15, 0.2) is 0 Å². The highest BCUT2D eigenvalue weighted by Crippen LogP contribution is 2.12. The fourth-order valence-electron chi connectivity index (χ4n) is 0.917. The lowest BCUT2D eigenvalue weighted by Crippen LogP contribution is -2.51. The molecule has 0 aromatic carbocycles. The van der Waals surface area contributed by atoms with Crippen molar-refractivity contribution in [1.82, 2.24) is 4.90 Å². The molecule has 2 N–H and O–H groups in total. The van der Waals surface area contributed by atoms with E-state index in [1.165, 1.54) is 4.90 Å². The summed E-state index contributed by atoms with van der Waals surface area (Å²) in [5.74, 6) is 0. The van der Waals surface area contributed by atoms with Gasteiger partial charge in [-0.3, -0.25) is 4.90 Å². The molecular weight excluding hydrogens is 132 g/mol. The Balaban J connectivity index is 2.64. The van der Waals surface area contributed by atoms with Gasteiger partial charge in [-0.25, -0.2) is 4.79 Å². The highest BCUT2D eigenvalue weighted by atomic mass is 16.6. The van der Waals surface area contributed by atoms with E-state index in [0.717, 1.165) is 0 Å². The molecule has 0 aliphatic carbocycles. The maximum Gasteiger partial charge on any atom is 0.411 e. The molecule has 1 aliphatic rings. The van der Waals surface area contributed by atoms with Gasteiger partial charge in [0.2, 0.25) is 0 Å². The molecule has 0 atom stereocenters. The summed E-state index contributed by atoms with van der Waals surface area (Å²) in [5, 5.41) is 0. The number of carbonyl (C=O) groups is 1. The van der Waals surface area contributed by atoms with Crippen LogP contribution in [0, 0.1) is 0 Å². The molecule has 10 heavy (non-hydrogen) atoms. The Hall–Kier alpha value is -0.770. The zero-order valence-electron chi connectivity index (χ0n) is 6.26. The molecule has 0 unspecified atom stereocenters. The summed E-state index contributed by atoms with van der Waals surface area (Å²) in [6.07, 6.45) is -0.312. The van der Waals surface area contributed by atoms with E-state index in [9.17, 15) is 4.79 Å². The first-order valence-corrected chi connectivity index (χ1v) is 3.25. The number of nitrogens with two attached hydrogens (primary N) is 1. The minimum absolute atomic E-state index is 0.312. The normalized spacial score (nSPS) is 19.5. The van der Waals surface area contributed by atoms with Crippen LogP contribution < -0.4 is 5.73 Å². The van der Waals surface area contributed by atoms with Crippen molar-refractivity contribution in [2.45, 2.75) is 19.5 Å². The van der Waals surface area contributed by atoms with Crippen LogP contribution >= 0.6 is 0 Å². The maximum atomic E-state index is 10.8. The molecule has 1 rings (SSSR count). The van der Waals surface area contributed by atoms with Crippen molar-refractivity contribution < 1.29 is 9.53 Å². The fraction of sp³-hybridized carbons (Fsp3) is 0.833. The van der Waals surface area contributed by atoms with Crippen LogP contribution in [0.3, 0.4) is 0 Å². The predicted molar refractivity (Wildman–Crippen MR) is 36.3 cm³/mol. The van der Waals surface area contributed by atoms with Crippen LogP contribution in [-0.4, -0.2) is 29.8 Å². The highest BCUT2D eigenvalue weighted by molar-refractivity contribution is 5.70. The molecule has 1 fully saturated rings. The summed E-state index contributed by atoms with van der Waals surface area (Å²) in [7, 11) is 0. The summed E-state index contributed by atoms with van der Waals surface area (Å²) < 4.78 is 4.70. The van der Waals surface area contributed by atoms with Crippen LogP contribution in [0.15, 0.2) is 0 Å². The van der Waals surface area contributed by atoms with Crippen molar-refractivity contribution in [2.75, 3.05) is 13.2 Å². The van der Waals surface area contributed by atoms with Gasteiger partial charge in [-0.2, -0.15) is 0 Å². The van der Waals surface area contributed by atoms with Crippen LogP contribution in [0.25, 0.3) is 0 Å². The number of nitrogens with zero attached hydrogens (tertiary/aromatic N) is 1. The van der Waals surface area contributed by atoms with Crippen molar-refractivity contribution in [3.05, 3.63) is 0 Å². The fourth-order valence-corrected chi connectivity index (χ4v) is 0.917. The summed E-state index contributed by atoms with van der Waals surface area (Å²) in [6.45, 7) is 4.61. The number of cyclic esters (lactones) is 1. The lowest BCUT2D eigenvalue weighted by atomic mass is 10.2. The zero-order valence-corrected chi connectivity index (χ0v) is 6.26. The van der Waals surface area contributed by atoms with E-state index in [1.807, 2.05) is 0 Å². The number of hydrogen-bond donors (Lipinski definition) is 1. The Morgan fingerprint density at radius 1 is 1.70 bits per heavy atom. The minimum Gasteiger partial charge on any atom is -0.447 e. The Labute approximate surface area is 59.9 Å². The SMILES string of the molecule is CC(C)(N)N1CCOC1=O. The van der Waals surface area contributed by atoms with Gasteiger partial charge in [0.05, 0.1) is 12.2 Å². The van der Waals surface area contributed by atoms with E-state index in [4.69, 9.17) is 10.5 Å². The average Bonchev–Trinajstić information content (AvgIpc) is 2.11. The lowest BCUT2D eigenvalue weighted by molar-refractivity contribution is 0.128. The summed E-state index contributed by atoms with van der Waals surface area (Å²) >= 11 is 0. The van der Waals surface area contributed by atoms with Gasteiger partial charge >= 0.3 is 6.09 Å². The number of amides is 1. The highest BCUT2D eigenvalue weighted by Gasteiger charge is 2.32. The Bertz CT molecular complexity index is 150. The van der Waals surface area contributed by atoms with Gasteiger partial charge in [-0.15, -0.1) is 0 Å². The van der Waals surface area contributed by atoms with Gasteiger partial charge in [0.25, 0.3) is 0 Å². The summed E-state index contributed by atoms with van der Waals surface area (Å²) in [6, 6.07) is 0. The Morgan fingerprint density at radius 2 is 2.30 bits per heavy atom. The molecule has 0 saturated carbocycles. The van der Waals surface area contributed by atoms with Crippen LogP contribution in [0.4, 0.5) is 4.79 Å². The molecule has 4 heteroatoms. The third-order valence-corrected chi connectivity index (χ3v) is 1.46. The van der Waals surface area contributed by atoms with E-state index in [0.29, 0.717) is 13.2 Å². The van der Waals surface area contributed by atoms with Crippen molar-refractivity contribution in [1.29, 1.82) is 0 Å². The standard InChI is InChI=1S/C6H12N2O2/c1-6(2,7)8-3-4-10-5(8)9/h3-4,7H2,1-2H3. The second kappa shape index (κ2) is 2.12. The maximum absolute atomic E-state index is 10.8. The van der Waals surface area contributed by atoms with Crippen molar-refractivity contribution in [3.8, 4) is 0 Å². The quantitative estimate of drug-likeness (QED) is 0.569. The third kappa shape index (κ3) is 1.21. The molecular formula is C6H12N2O2. The Morgan fingerprint density at radius 3 is 2.50 bits per heavy atom. The monoisotopic (exact) mass is 144 g/mol. The van der Waals surface area contributed by atoms with E-state index >= 15 is 0 Å². The largest absolute Gasteiger partial charge is 0.447 e. The first-order valence-electron chi connectivity index (χ1n) is 3.25. The van der Waals surface area contributed by atoms with Gasteiger partial charge < -0.3 is 10.5 Å². The lowest BCUT2D eigenvalue weighted by Gasteiger charge is -2.28. The molecule has 58 valence electrons. The van der Waals surface area contributed by atoms with E-state index in [2.05, 4.69) is 0 Å². The topological polar surface area (TPSA) is 55.6 Å². The van der Waals surface area contributed by atoms with E-state index < -0.39 is 5.66 Å². The Kier molecular flexibility index (Phi) is 1.56. The molecule has 0 spiro atoms. The number of rotatable bonds is 1. The summed E-state index contributed by atoms with van der Waals surface area (Å²) in [5.41, 5.74) is 5.07. The number of carbonyl (C=O) groups excluding carboxylic acids is 1. The zero-order chi connectivity index (χ0) is 7.78. The van der Waals surface area contributed by atoms with Gasteiger partial charge in [-0.05, 0) is 13.8 Å². The number of ether oxygens (including phenoxy) is 1. The molecule has 0 aromatic rings. The molecule has 1 heterocycles. The van der Waals surface area contributed by atoms with Crippen LogP contribution in [0.1, 0.15) is 13.8 Å². The first kappa shape index (κ1) is 7.34. The molecule has 0 radical (unpaired) electrons. The second-order valence-corrected chi connectivity index (χ2v) is 2.92. The number of hydrogen-bond acceptors (Lipinski definition) is 3. The molecule has 1 amide bonds. The van der Waals surface area contributed by atoms with Gasteiger partial charge in [-0.1, -0.05) is 0 Å². The van der Waals surface area contributed by atoms with Gasteiger partial charge in [0.1, 0.15) is 6.61 Å². The predicted octanol–water partition coefficient (Wildman–Crippen LogP) is 0.133. The van der Waals surface area contributed by atoms with Crippen LogP contribution in [0.5, 0.6) is 0 Å². The smallest absolute Gasteiger partial charge is 0.411 e. The van der Waals surface area contributed by atoms with Crippen molar-refractivity contribution >= 4 is 6.09 Å². The first-order chi connectivity index (χ1) is 4.52. The summed E-state index contributed by atoms with van der Waals surface area (Å²) in [4.78, 5) is 12.4. The van der Waals surface area contributed by atoms with E-state index in [1.54, 1.807) is 13.8 Å². The molecule has 4 nitrogen and oxygen atoms in total. The molecule has 0 bridgehead atoms. The molecule has 1 saturated heterocycles. The second-order valence-electron chi connectivity index (χ2n) is 2.92. The third-order valence-electron chi connectivity index (χ3n) is 1.46. The van der Waals surface area contributed by atoms with E-state index in [-0.39, 0.29) is 6.09 Å². The van der Waals surface area contributed by atoms with Crippen molar-refractivity contribution in [3.63, 3.8) is 0 Å².